The molecule has 0 aliphatic carbocycles. The van der Waals surface area contributed by atoms with Crippen LogP contribution in [0, 0.1) is 0 Å². The Labute approximate surface area is 112 Å². The molecule has 2 N–H and O–H groups in total. The Bertz CT molecular complexity index is 515. The summed E-state index contributed by atoms with van der Waals surface area (Å²) in [6.45, 7) is 2.10. The molecule has 0 amide bonds. The van der Waals surface area contributed by atoms with Gasteiger partial charge in [-0.1, -0.05) is 28.0 Å². The van der Waals surface area contributed by atoms with E-state index in [4.69, 9.17) is 10.3 Å². The molecule has 0 radical (unpaired) electrons. The molecule has 17 heavy (non-hydrogen) atoms. The van der Waals surface area contributed by atoms with Crippen molar-refractivity contribution in [2.45, 2.75) is 12.7 Å². The molecule has 2 rings (SSSR count). The van der Waals surface area contributed by atoms with Gasteiger partial charge in [-0.05, 0) is 24.0 Å². The van der Waals surface area contributed by atoms with Crippen LogP contribution < -0.4 is 5.73 Å². The zero-order chi connectivity index (χ0) is 12.3. The number of hydrogen-bond acceptors (Lipinski definition) is 5. The Balaban J connectivity index is 2.24. The summed E-state index contributed by atoms with van der Waals surface area (Å²) >= 11 is 5.11. The fourth-order valence-electron chi connectivity index (χ4n) is 1.34. The maximum absolute atomic E-state index is 5.90. The predicted octanol–water partition coefficient (Wildman–Crippen LogP) is 3.33. The average molecular weight is 314 g/mol. The van der Waals surface area contributed by atoms with Crippen LogP contribution in [0.3, 0.4) is 0 Å². The van der Waals surface area contributed by atoms with Crippen LogP contribution in [-0.4, -0.2) is 15.9 Å². The summed E-state index contributed by atoms with van der Waals surface area (Å²) in [5, 5.41) is 3.92. The van der Waals surface area contributed by atoms with Crippen LogP contribution in [0.15, 0.2) is 27.2 Å². The summed E-state index contributed by atoms with van der Waals surface area (Å²) in [5.74, 6) is 2.97. The standard InChI is InChI=1S/C11H12BrN3OS/c1-2-17-6-10-14-11(16-15-10)8-4-3-7(12)5-9(8)13/h3-5H,2,6,13H2,1H3. The van der Waals surface area contributed by atoms with Gasteiger partial charge in [0.15, 0.2) is 5.82 Å². The van der Waals surface area contributed by atoms with Crippen molar-refractivity contribution in [1.82, 2.24) is 10.1 Å². The van der Waals surface area contributed by atoms with Gasteiger partial charge >= 0.3 is 0 Å². The molecule has 1 aromatic heterocycles. The van der Waals surface area contributed by atoms with E-state index >= 15 is 0 Å². The number of nitrogens with zero attached hydrogens (tertiary/aromatic N) is 2. The summed E-state index contributed by atoms with van der Waals surface area (Å²) in [6.07, 6.45) is 0. The number of aromatic nitrogens is 2. The summed E-state index contributed by atoms with van der Waals surface area (Å²) < 4.78 is 6.13. The van der Waals surface area contributed by atoms with Gasteiger partial charge in [0.05, 0.1) is 11.3 Å². The highest BCUT2D eigenvalue weighted by Gasteiger charge is 2.11. The van der Waals surface area contributed by atoms with Gasteiger partial charge < -0.3 is 10.3 Å². The number of rotatable bonds is 4. The van der Waals surface area contributed by atoms with Crippen LogP contribution in [0.2, 0.25) is 0 Å². The Morgan fingerprint density at radius 2 is 2.29 bits per heavy atom. The van der Waals surface area contributed by atoms with Crippen molar-refractivity contribution in [3.8, 4) is 11.5 Å². The summed E-state index contributed by atoms with van der Waals surface area (Å²) in [6, 6.07) is 5.58. The second kappa shape index (κ2) is 5.55. The van der Waals surface area contributed by atoms with Crippen molar-refractivity contribution in [3.05, 3.63) is 28.5 Å². The summed E-state index contributed by atoms with van der Waals surface area (Å²) in [5.41, 5.74) is 7.29. The molecule has 1 heterocycles. The van der Waals surface area contributed by atoms with Crippen LogP contribution in [0.4, 0.5) is 5.69 Å². The minimum atomic E-state index is 0.474. The van der Waals surface area contributed by atoms with Crippen molar-refractivity contribution in [2.75, 3.05) is 11.5 Å². The van der Waals surface area contributed by atoms with Crippen molar-refractivity contribution < 1.29 is 4.52 Å². The van der Waals surface area contributed by atoms with Crippen LogP contribution in [0.5, 0.6) is 0 Å². The number of nitrogens with two attached hydrogens (primary N) is 1. The first kappa shape index (κ1) is 12.4. The van der Waals surface area contributed by atoms with Gasteiger partial charge in [0.25, 0.3) is 5.89 Å². The predicted molar refractivity (Wildman–Crippen MR) is 73.7 cm³/mol. The minimum absolute atomic E-state index is 0.474. The zero-order valence-electron chi connectivity index (χ0n) is 9.31. The number of nitrogen functional groups attached to an aromatic ring is 1. The Hall–Kier alpha value is -1.01. The molecule has 0 unspecified atom stereocenters. The molecule has 4 nitrogen and oxygen atoms in total. The van der Waals surface area contributed by atoms with Gasteiger partial charge in [-0.25, -0.2) is 0 Å². The number of benzene rings is 1. The lowest BCUT2D eigenvalue weighted by Crippen LogP contribution is -1.90. The Kier molecular flexibility index (Phi) is 4.06. The van der Waals surface area contributed by atoms with Crippen molar-refractivity contribution >= 4 is 33.4 Å². The van der Waals surface area contributed by atoms with E-state index in [1.807, 2.05) is 18.2 Å². The topological polar surface area (TPSA) is 64.9 Å². The van der Waals surface area contributed by atoms with Crippen LogP contribution in [0.25, 0.3) is 11.5 Å². The molecule has 0 bridgehead atoms. The lowest BCUT2D eigenvalue weighted by atomic mass is 10.2. The van der Waals surface area contributed by atoms with Gasteiger partial charge in [0.1, 0.15) is 0 Å². The van der Waals surface area contributed by atoms with Gasteiger partial charge in [-0.2, -0.15) is 16.7 Å². The van der Waals surface area contributed by atoms with Gasteiger partial charge in [0.2, 0.25) is 0 Å². The van der Waals surface area contributed by atoms with Gasteiger partial charge in [-0.3, -0.25) is 0 Å². The molecule has 0 saturated heterocycles. The largest absolute Gasteiger partial charge is 0.398 e. The van der Waals surface area contributed by atoms with Crippen molar-refractivity contribution in [3.63, 3.8) is 0 Å². The molecule has 1 aromatic carbocycles. The lowest BCUT2D eigenvalue weighted by molar-refractivity contribution is 0.425. The van der Waals surface area contributed by atoms with E-state index in [0.29, 0.717) is 17.4 Å². The maximum atomic E-state index is 5.90. The third kappa shape index (κ3) is 3.01. The maximum Gasteiger partial charge on any atom is 0.260 e. The fourth-order valence-corrected chi connectivity index (χ4v) is 2.23. The molecule has 2 aromatic rings. The van der Waals surface area contributed by atoms with E-state index < -0.39 is 0 Å². The average Bonchev–Trinajstić information content (AvgIpc) is 2.75. The zero-order valence-corrected chi connectivity index (χ0v) is 11.7. The molecular weight excluding hydrogens is 302 g/mol. The van der Waals surface area contributed by atoms with E-state index in [2.05, 4.69) is 33.0 Å². The third-order valence-corrected chi connectivity index (χ3v) is 3.51. The van der Waals surface area contributed by atoms with E-state index in [9.17, 15) is 0 Å². The first-order valence-electron chi connectivity index (χ1n) is 5.16. The second-order valence-electron chi connectivity index (χ2n) is 3.38. The molecular formula is C11H12BrN3OS. The van der Waals surface area contributed by atoms with E-state index in [1.54, 1.807) is 11.8 Å². The van der Waals surface area contributed by atoms with Crippen LogP contribution in [-0.2, 0) is 5.75 Å². The molecule has 90 valence electrons. The quantitative estimate of drug-likeness (QED) is 0.877. The molecule has 6 heteroatoms. The van der Waals surface area contributed by atoms with Crippen LogP contribution >= 0.6 is 27.7 Å². The third-order valence-electron chi connectivity index (χ3n) is 2.15. The highest BCUT2D eigenvalue weighted by atomic mass is 79.9. The van der Waals surface area contributed by atoms with Crippen molar-refractivity contribution in [2.24, 2.45) is 0 Å². The van der Waals surface area contributed by atoms with E-state index in [0.717, 1.165) is 21.5 Å². The molecule has 0 fully saturated rings. The molecule has 0 atom stereocenters. The summed E-state index contributed by atoms with van der Waals surface area (Å²) in [4.78, 5) is 4.31. The molecule has 0 spiro atoms. The first-order valence-corrected chi connectivity index (χ1v) is 7.11. The normalized spacial score (nSPS) is 10.7. The summed E-state index contributed by atoms with van der Waals surface area (Å²) in [7, 11) is 0. The van der Waals surface area contributed by atoms with E-state index in [-0.39, 0.29) is 0 Å². The smallest absolute Gasteiger partial charge is 0.260 e. The number of hydrogen-bond donors (Lipinski definition) is 1. The second-order valence-corrected chi connectivity index (χ2v) is 5.57. The monoisotopic (exact) mass is 313 g/mol. The van der Waals surface area contributed by atoms with E-state index in [1.165, 1.54) is 0 Å². The number of halogens is 1. The molecule has 0 saturated carbocycles. The SMILES string of the molecule is CCSCc1noc(-c2ccc(Br)cc2N)n1. The first-order chi connectivity index (χ1) is 8.20. The highest BCUT2D eigenvalue weighted by molar-refractivity contribution is 9.10. The van der Waals surface area contributed by atoms with Crippen LogP contribution in [0.1, 0.15) is 12.7 Å². The minimum Gasteiger partial charge on any atom is -0.398 e. The number of anilines is 1. The van der Waals surface area contributed by atoms with Gasteiger partial charge in [0, 0.05) is 10.2 Å². The lowest BCUT2D eigenvalue weighted by Gasteiger charge is -2.00. The fraction of sp³-hybridized carbons (Fsp3) is 0.273. The molecule has 0 aliphatic heterocycles. The van der Waals surface area contributed by atoms with Gasteiger partial charge in [-0.15, -0.1) is 0 Å². The Morgan fingerprint density at radius 1 is 1.47 bits per heavy atom. The highest BCUT2D eigenvalue weighted by Crippen LogP contribution is 2.27. The number of thioether (sulfide) groups is 1. The molecule has 0 aliphatic rings. The Morgan fingerprint density at radius 3 is 3.00 bits per heavy atom. The van der Waals surface area contributed by atoms with Crippen molar-refractivity contribution in [1.29, 1.82) is 0 Å².